The molecule has 1 amide bonds. The van der Waals surface area contributed by atoms with Gasteiger partial charge >= 0.3 is 5.97 Å². The van der Waals surface area contributed by atoms with Gasteiger partial charge in [-0.25, -0.2) is 27.9 Å². The van der Waals surface area contributed by atoms with E-state index in [0.717, 1.165) is 12.5 Å². The standard InChI is InChI=1S/C15H12F3N3O3/c1-2-24-15(23)10-6-19-7-20-14(10)21-13(22)5-9-11(17)3-8(16)4-12(9)18/h3-4,6-7H,2,5H2,1H3,(H,19,20,21,22). The van der Waals surface area contributed by atoms with Gasteiger partial charge in [-0.05, 0) is 6.92 Å². The van der Waals surface area contributed by atoms with Crippen LogP contribution in [-0.4, -0.2) is 28.5 Å². The van der Waals surface area contributed by atoms with Crippen LogP contribution in [0.5, 0.6) is 0 Å². The van der Waals surface area contributed by atoms with Crippen molar-refractivity contribution >= 4 is 17.7 Å². The molecule has 0 aliphatic carbocycles. The van der Waals surface area contributed by atoms with Crippen molar-refractivity contribution in [1.82, 2.24) is 9.97 Å². The van der Waals surface area contributed by atoms with Gasteiger partial charge in [0.05, 0.1) is 13.0 Å². The molecule has 2 aromatic rings. The molecule has 1 aromatic heterocycles. The van der Waals surface area contributed by atoms with Crippen LogP contribution in [0.3, 0.4) is 0 Å². The number of halogens is 3. The van der Waals surface area contributed by atoms with E-state index in [1.807, 2.05) is 0 Å². The average Bonchev–Trinajstić information content (AvgIpc) is 2.51. The minimum atomic E-state index is -1.18. The summed E-state index contributed by atoms with van der Waals surface area (Å²) in [5, 5.41) is 2.25. The Hall–Kier alpha value is -2.97. The molecule has 126 valence electrons. The van der Waals surface area contributed by atoms with E-state index in [1.165, 1.54) is 0 Å². The van der Waals surface area contributed by atoms with Crippen LogP contribution in [0.2, 0.25) is 0 Å². The lowest BCUT2D eigenvalue weighted by molar-refractivity contribution is -0.115. The number of anilines is 1. The van der Waals surface area contributed by atoms with Gasteiger partial charge < -0.3 is 10.1 Å². The van der Waals surface area contributed by atoms with Crippen molar-refractivity contribution in [3.05, 3.63) is 53.2 Å². The summed E-state index contributed by atoms with van der Waals surface area (Å²) in [6, 6.07) is 0.945. The number of benzene rings is 1. The molecule has 0 spiro atoms. The van der Waals surface area contributed by atoms with E-state index >= 15 is 0 Å². The number of esters is 1. The third-order valence-corrected chi connectivity index (χ3v) is 2.91. The summed E-state index contributed by atoms with van der Waals surface area (Å²) in [5.41, 5.74) is -0.701. The fourth-order valence-corrected chi connectivity index (χ4v) is 1.87. The lowest BCUT2D eigenvalue weighted by Crippen LogP contribution is -2.20. The second-order valence-corrected chi connectivity index (χ2v) is 4.58. The summed E-state index contributed by atoms with van der Waals surface area (Å²) < 4.78 is 44.8. The Balaban J connectivity index is 2.18. The van der Waals surface area contributed by atoms with E-state index in [-0.39, 0.29) is 18.0 Å². The number of hydrogen-bond acceptors (Lipinski definition) is 5. The molecule has 0 unspecified atom stereocenters. The zero-order chi connectivity index (χ0) is 17.7. The SMILES string of the molecule is CCOC(=O)c1cncnc1NC(=O)Cc1c(F)cc(F)cc1F. The summed E-state index contributed by atoms with van der Waals surface area (Å²) in [6.45, 7) is 1.70. The maximum Gasteiger partial charge on any atom is 0.343 e. The first-order chi connectivity index (χ1) is 11.4. The molecule has 9 heteroatoms. The Kier molecular flexibility index (Phi) is 5.46. The van der Waals surface area contributed by atoms with Crippen molar-refractivity contribution in [1.29, 1.82) is 0 Å². The number of amides is 1. The van der Waals surface area contributed by atoms with Crippen LogP contribution in [0.15, 0.2) is 24.7 Å². The number of aromatic nitrogens is 2. The van der Waals surface area contributed by atoms with Gasteiger partial charge in [-0.2, -0.15) is 0 Å². The summed E-state index contributed by atoms with van der Waals surface area (Å²) in [4.78, 5) is 31.1. The molecule has 0 aliphatic rings. The van der Waals surface area contributed by atoms with E-state index in [9.17, 15) is 22.8 Å². The Morgan fingerprint density at radius 2 is 1.88 bits per heavy atom. The van der Waals surface area contributed by atoms with Crippen LogP contribution < -0.4 is 5.32 Å². The molecule has 24 heavy (non-hydrogen) atoms. The Morgan fingerprint density at radius 1 is 1.21 bits per heavy atom. The van der Waals surface area contributed by atoms with Crippen LogP contribution in [0.25, 0.3) is 0 Å². The molecule has 0 radical (unpaired) electrons. The van der Waals surface area contributed by atoms with Gasteiger partial charge in [0.15, 0.2) is 5.82 Å². The van der Waals surface area contributed by atoms with Gasteiger partial charge in [-0.1, -0.05) is 0 Å². The Bertz CT molecular complexity index is 761. The molecule has 1 heterocycles. The van der Waals surface area contributed by atoms with Crippen LogP contribution >= 0.6 is 0 Å². The van der Waals surface area contributed by atoms with E-state index in [1.54, 1.807) is 6.92 Å². The smallest absolute Gasteiger partial charge is 0.343 e. The molecule has 2 rings (SSSR count). The fraction of sp³-hybridized carbons (Fsp3) is 0.200. The Morgan fingerprint density at radius 3 is 2.50 bits per heavy atom. The number of nitrogens with zero attached hydrogens (tertiary/aromatic N) is 2. The molecule has 0 atom stereocenters. The van der Waals surface area contributed by atoms with Gasteiger partial charge in [0.2, 0.25) is 5.91 Å². The molecule has 1 N–H and O–H groups in total. The number of rotatable bonds is 5. The Labute approximate surface area is 134 Å². The van der Waals surface area contributed by atoms with E-state index in [0.29, 0.717) is 12.1 Å². The van der Waals surface area contributed by atoms with E-state index < -0.39 is 41.3 Å². The first kappa shape index (κ1) is 17.4. The third kappa shape index (κ3) is 4.06. The molecule has 0 aliphatic heterocycles. The van der Waals surface area contributed by atoms with E-state index in [4.69, 9.17) is 4.74 Å². The molecule has 1 aromatic carbocycles. The van der Waals surface area contributed by atoms with Crippen molar-refractivity contribution in [2.45, 2.75) is 13.3 Å². The first-order valence-electron chi connectivity index (χ1n) is 6.82. The molecular weight excluding hydrogens is 327 g/mol. The van der Waals surface area contributed by atoms with Gasteiger partial charge in [-0.15, -0.1) is 0 Å². The molecule has 0 saturated carbocycles. The van der Waals surface area contributed by atoms with Gasteiger partial charge in [0.25, 0.3) is 0 Å². The van der Waals surface area contributed by atoms with Gasteiger partial charge in [-0.3, -0.25) is 4.79 Å². The largest absolute Gasteiger partial charge is 0.462 e. The third-order valence-electron chi connectivity index (χ3n) is 2.91. The van der Waals surface area contributed by atoms with Crippen molar-refractivity contribution in [3.8, 4) is 0 Å². The quantitative estimate of drug-likeness (QED) is 0.845. The number of ether oxygens (including phenoxy) is 1. The number of nitrogens with one attached hydrogen (secondary N) is 1. The molecule has 0 saturated heterocycles. The fourth-order valence-electron chi connectivity index (χ4n) is 1.87. The lowest BCUT2D eigenvalue weighted by Gasteiger charge is -2.09. The summed E-state index contributed by atoms with van der Waals surface area (Å²) in [5.74, 6) is -5.21. The van der Waals surface area contributed by atoms with Crippen molar-refractivity contribution in [3.63, 3.8) is 0 Å². The second kappa shape index (κ2) is 7.53. The highest BCUT2D eigenvalue weighted by Gasteiger charge is 2.19. The maximum absolute atomic E-state index is 13.6. The van der Waals surface area contributed by atoms with Crippen LogP contribution in [0.4, 0.5) is 19.0 Å². The molecule has 0 bridgehead atoms. The number of carbonyl (C=O) groups is 2. The van der Waals surface area contributed by atoms with Crippen molar-refractivity contribution in [2.24, 2.45) is 0 Å². The molecule has 0 fully saturated rings. The monoisotopic (exact) mass is 339 g/mol. The second-order valence-electron chi connectivity index (χ2n) is 4.58. The summed E-state index contributed by atoms with van der Waals surface area (Å²) in [6.07, 6.45) is 1.52. The average molecular weight is 339 g/mol. The van der Waals surface area contributed by atoms with E-state index in [2.05, 4.69) is 15.3 Å². The zero-order valence-corrected chi connectivity index (χ0v) is 12.5. The highest BCUT2D eigenvalue weighted by atomic mass is 19.1. The van der Waals surface area contributed by atoms with Crippen LogP contribution in [-0.2, 0) is 16.0 Å². The predicted molar refractivity (Wildman–Crippen MR) is 76.6 cm³/mol. The molecular formula is C15H12F3N3O3. The first-order valence-corrected chi connectivity index (χ1v) is 6.82. The number of carbonyl (C=O) groups excluding carboxylic acids is 2. The minimum absolute atomic E-state index is 0.104. The maximum atomic E-state index is 13.6. The normalized spacial score (nSPS) is 10.3. The summed E-state index contributed by atoms with van der Waals surface area (Å²) in [7, 11) is 0. The lowest BCUT2D eigenvalue weighted by atomic mass is 10.1. The van der Waals surface area contributed by atoms with Crippen molar-refractivity contribution < 1.29 is 27.5 Å². The minimum Gasteiger partial charge on any atom is -0.462 e. The van der Waals surface area contributed by atoms with Crippen LogP contribution in [0, 0.1) is 17.5 Å². The van der Waals surface area contributed by atoms with Crippen LogP contribution in [0.1, 0.15) is 22.8 Å². The molecule has 6 nitrogen and oxygen atoms in total. The predicted octanol–water partition coefficient (Wildman–Crippen LogP) is 2.25. The van der Waals surface area contributed by atoms with Crippen molar-refractivity contribution in [2.75, 3.05) is 11.9 Å². The van der Waals surface area contributed by atoms with Gasteiger partial charge in [0, 0.05) is 23.9 Å². The number of hydrogen-bond donors (Lipinski definition) is 1. The highest BCUT2D eigenvalue weighted by molar-refractivity contribution is 6.00. The highest BCUT2D eigenvalue weighted by Crippen LogP contribution is 2.17. The zero-order valence-electron chi connectivity index (χ0n) is 12.5. The topological polar surface area (TPSA) is 81.2 Å². The van der Waals surface area contributed by atoms with Gasteiger partial charge in [0.1, 0.15) is 29.3 Å². The summed E-state index contributed by atoms with van der Waals surface area (Å²) >= 11 is 0.